The zero-order chi connectivity index (χ0) is 43.7. The minimum Gasteiger partial charge on any atom is -0.462 e. The molecule has 0 aromatic carbocycles. The molecule has 0 N–H and O–H groups in total. The van der Waals surface area contributed by atoms with Crippen LogP contribution in [0, 0.1) is 0 Å². The van der Waals surface area contributed by atoms with Crippen LogP contribution in [0.25, 0.3) is 0 Å². The fraction of sp³-hybridized carbons (Fsp3) is 0.722. The van der Waals surface area contributed by atoms with Crippen LogP contribution < -0.4 is 0 Å². The average molecular weight is 837 g/mol. The summed E-state index contributed by atoms with van der Waals surface area (Å²) < 4.78 is 16.7. The number of rotatable bonds is 44. The van der Waals surface area contributed by atoms with Gasteiger partial charge in [0.2, 0.25) is 0 Å². The highest BCUT2D eigenvalue weighted by Crippen LogP contribution is 2.13. The van der Waals surface area contributed by atoms with Gasteiger partial charge in [0.25, 0.3) is 0 Å². The maximum absolute atomic E-state index is 12.7. The summed E-state index contributed by atoms with van der Waals surface area (Å²) in [7, 11) is 0. The lowest BCUT2D eigenvalue weighted by Crippen LogP contribution is -2.30. The average Bonchev–Trinajstić information content (AvgIpc) is 3.24. The molecular weight excluding hydrogens is 745 g/mol. The first-order valence-electron chi connectivity index (χ1n) is 25.0. The van der Waals surface area contributed by atoms with Crippen molar-refractivity contribution < 1.29 is 28.6 Å². The van der Waals surface area contributed by atoms with Gasteiger partial charge in [0, 0.05) is 19.3 Å². The van der Waals surface area contributed by atoms with Crippen LogP contribution in [0.15, 0.2) is 72.9 Å². The predicted molar refractivity (Wildman–Crippen MR) is 256 cm³/mol. The van der Waals surface area contributed by atoms with Gasteiger partial charge in [-0.15, -0.1) is 0 Å². The molecule has 0 aliphatic rings. The number of hydrogen-bond donors (Lipinski definition) is 0. The summed E-state index contributed by atoms with van der Waals surface area (Å²) in [4.78, 5) is 37.9. The molecule has 1 atom stereocenters. The Morgan fingerprint density at radius 2 is 0.617 bits per heavy atom. The number of carbonyl (C=O) groups excluding carboxylic acids is 3. The Bertz CT molecular complexity index is 1140. The zero-order valence-electron chi connectivity index (χ0n) is 39.2. The van der Waals surface area contributed by atoms with E-state index in [0.717, 1.165) is 103 Å². The van der Waals surface area contributed by atoms with E-state index in [1.807, 2.05) is 0 Å². The highest BCUT2D eigenvalue weighted by Gasteiger charge is 2.19. The van der Waals surface area contributed by atoms with Gasteiger partial charge < -0.3 is 14.2 Å². The highest BCUT2D eigenvalue weighted by atomic mass is 16.6. The summed E-state index contributed by atoms with van der Waals surface area (Å²) in [6.07, 6.45) is 60.2. The van der Waals surface area contributed by atoms with E-state index >= 15 is 0 Å². The third-order valence-corrected chi connectivity index (χ3v) is 10.5. The number of esters is 3. The minimum atomic E-state index is -0.791. The second-order valence-electron chi connectivity index (χ2n) is 16.5. The van der Waals surface area contributed by atoms with Gasteiger partial charge >= 0.3 is 17.9 Å². The highest BCUT2D eigenvalue weighted by molar-refractivity contribution is 5.71. The van der Waals surface area contributed by atoms with Gasteiger partial charge in [0.05, 0.1) is 0 Å². The Balaban J connectivity index is 4.44. The number of carbonyl (C=O) groups is 3. The van der Waals surface area contributed by atoms with Crippen molar-refractivity contribution in [3.05, 3.63) is 72.9 Å². The molecule has 0 aliphatic heterocycles. The van der Waals surface area contributed by atoms with Gasteiger partial charge in [0.15, 0.2) is 6.10 Å². The molecule has 0 spiro atoms. The Hall–Kier alpha value is -3.15. The van der Waals surface area contributed by atoms with Gasteiger partial charge in [0.1, 0.15) is 13.2 Å². The van der Waals surface area contributed by atoms with E-state index in [-0.39, 0.29) is 31.1 Å². The quantitative estimate of drug-likeness (QED) is 0.0200. The summed E-state index contributed by atoms with van der Waals surface area (Å²) in [5, 5.41) is 0. The molecule has 0 bridgehead atoms. The van der Waals surface area contributed by atoms with Crippen molar-refractivity contribution in [2.75, 3.05) is 13.2 Å². The van der Waals surface area contributed by atoms with Crippen LogP contribution >= 0.6 is 0 Å². The number of ether oxygens (including phenoxy) is 3. The Labute approximate surface area is 370 Å². The lowest BCUT2D eigenvalue weighted by atomic mass is 10.1. The van der Waals surface area contributed by atoms with Crippen LogP contribution in [0.5, 0.6) is 0 Å². The molecule has 0 amide bonds. The number of unbranched alkanes of at least 4 members (excludes halogenated alkanes) is 24. The van der Waals surface area contributed by atoms with Crippen molar-refractivity contribution in [1.82, 2.24) is 0 Å². The van der Waals surface area contributed by atoms with Gasteiger partial charge in [-0.2, -0.15) is 0 Å². The molecule has 0 fully saturated rings. The van der Waals surface area contributed by atoms with Crippen molar-refractivity contribution in [3.63, 3.8) is 0 Å². The summed E-state index contributed by atoms with van der Waals surface area (Å²) >= 11 is 0. The molecule has 0 aromatic rings. The van der Waals surface area contributed by atoms with Crippen molar-refractivity contribution in [3.8, 4) is 0 Å². The Kier molecular flexibility index (Phi) is 46.0. The maximum atomic E-state index is 12.7. The molecule has 6 heteroatoms. The van der Waals surface area contributed by atoms with Crippen LogP contribution in [0.4, 0.5) is 0 Å². The van der Waals surface area contributed by atoms with E-state index in [4.69, 9.17) is 14.2 Å². The van der Waals surface area contributed by atoms with E-state index in [2.05, 4.69) is 93.7 Å². The van der Waals surface area contributed by atoms with Crippen LogP contribution in [-0.4, -0.2) is 37.2 Å². The van der Waals surface area contributed by atoms with Crippen LogP contribution in [0.2, 0.25) is 0 Å². The monoisotopic (exact) mass is 837 g/mol. The summed E-state index contributed by atoms with van der Waals surface area (Å²) in [6, 6.07) is 0. The molecular formula is C54H92O6. The standard InChI is InChI=1S/C54H92O6/c1-4-7-10-13-16-19-22-25-26-27-28-29-30-33-35-38-41-44-47-53(56)59-50-51(60-54(57)48-45-42-39-36-32-24-21-18-15-12-9-6-3)49-58-52(55)46-43-40-37-34-31-23-20-17-14-11-8-5-2/h16-22,25-29,51H,4-15,23-24,30-50H2,1-3H3/b19-16-,20-17-,21-18-,25-22-,27-26-,29-28-. The lowest BCUT2D eigenvalue weighted by molar-refractivity contribution is -0.167. The van der Waals surface area contributed by atoms with Gasteiger partial charge in [-0.05, 0) is 96.3 Å². The van der Waals surface area contributed by atoms with E-state index in [1.165, 1.54) is 89.9 Å². The molecule has 0 saturated carbocycles. The molecule has 344 valence electrons. The van der Waals surface area contributed by atoms with Gasteiger partial charge in [-0.3, -0.25) is 14.4 Å². The third kappa shape index (κ3) is 45.9. The largest absolute Gasteiger partial charge is 0.462 e. The normalized spacial score (nSPS) is 12.7. The van der Waals surface area contributed by atoms with Crippen molar-refractivity contribution in [2.24, 2.45) is 0 Å². The predicted octanol–water partition coefficient (Wildman–Crippen LogP) is 16.3. The molecule has 1 unspecified atom stereocenters. The van der Waals surface area contributed by atoms with Crippen LogP contribution in [0.3, 0.4) is 0 Å². The first-order valence-corrected chi connectivity index (χ1v) is 25.0. The minimum absolute atomic E-state index is 0.0914. The fourth-order valence-corrected chi connectivity index (χ4v) is 6.68. The molecule has 0 saturated heterocycles. The second kappa shape index (κ2) is 48.5. The lowest BCUT2D eigenvalue weighted by Gasteiger charge is -2.18. The molecule has 0 aromatic heterocycles. The van der Waals surface area contributed by atoms with Crippen LogP contribution in [0.1, 0.15) is 233 Å². The Morgan fingerprint density at radius 3 is 0.983 bits per heavy atom. The summed E-state index contributed by atoms with van der Waals surface area (Å²) in [6.45, 7) is 6.51. The maximum Gasteiger partial charge on any atom is 0.306 e. The van der Waals surface area contributed by atoms with Crippen LogP contribution in [-0.2, 0) is 28.6 Å². The molecule has 60 heavy (non-hydrogen) atoms. The van der Waals surface area contributed by atoms with Crippen molar-refractivity contribution in [2.45, 2.75) is 239 Å². The number of hydrogen-bond acceptors (Lipinski definition) is 6. The van der Waals surface area contributed by atoms with Crippen molar-refractivity contribution in [1.29, 1.82) is 0 Å². The van der Waals surface area contributed by atoms with E-state index in [1.54, 1.807) is 0 Å². The van der Waals surface area contributed by atoms with Gasteiger partial charge in [-0.25, -0.2) is 0 Å². The zero-order valence-corrected chi connectivity index (χ0v) is 39.2. The summed E-state index contributed by atoms with van der Waals surface area (Å²) in [5.74, 6) is -0.934. The third-order valence-electron chi connectivity index (χ3n) is 10.5. The van der Waals surface area contributed by atoms with Gasteiger partial charge in [-0.1, -0.05) is 190 Å². The topological polar surface area (TPSA) is 78.9 Å². The Morgan fingerprint density at radius 1 is 0.333 bits per heavy atom. The number of allylic oxidation sites excluding steroid dienone is 12. The SMILES string of the molecule is CCCCC\C=C/C=C\C=C/C=C\CCCCCCCC(=O)OCC(COC(=O)CCCCCCC/C=C\CCCCC)OC(=O)CCCCCCC/C=C\CCCCC. The molecule has 0 rings (SSSR count). The molecule has 0 radical (unpaired) electrons. The van der Waals surface area contributed by atoms with Crippen molar-refractivity contribution >= 4 is 17.9 Å². The smallest absolute Gasteiger partial charge is 0.306 e. The molecule has 0 heterocycles. The van der Waals surface area contributed by atoms with E-state index in [9.17, 15) is 14.4 Å². The molecule has 0 aliphatic carbocycles. The first kappa shape index (κ1) is 56.9. The van der Waals surface area contributed by atoms with E-state index < -0.39 is 6.10 Å². The molecule has 6 nitrogen and oxygen atoms in total. The fourth-order valence-electron chi connectivity index (χ4n) is 6.68. The second-order valence-corrected chi connectivity index (χ2v) is 16.5. The first-order chi connectivity index (χ1) is 29.5. The summed E-state index contributed by atoms with van der Waals surface area (Å²) in [5.41, 5.74) is 0. The van der Waals surface area contributed by atoms with E-state index in [0.29, 0.717) is 19.3 Å².